The smallest absolute Gasteiger partial charge is 0.315 e. The lowest BCUT2D eigenvalue weighted by molar-refractivity contribution is -0.166. The quantitative estimate of drug-likeness (QED) is 0.527. The highest BCUT2D eigenvalue weighted by Crippen LogP contribution is 2.79. The minimum absolute atomic E-state index is 0.117. The van der Waals surface area contributed by atoms with Crippen LogP contribution in [0.1, 0.15) is 33.1 Å². The first-order valence-electron chi connectivity index (χ1n) is 7.02. The first-order chi connectivity index (χ1) is 9.26. The number of esters is 2. The monoisotopic (exact) mass is 278 g/mol. The molecule has 2 heterocycles. The van der Waals surface area contributed by atoms with Crippen LogP contribution in [0.15, 0.2) is 12.2 Å². The van der Waals surface area contributed by atoms with Gasteiger partial charge in [0.15, 0.2) is 0 Å². The molecule has 5 atom stereocenters. The number of cyclic esters (lactones) is 1. The number of fused-ring (bicyclic) bond motifs is 1. The summed E-state index contributed by atoms with van der Waals surface area (Å²) >= 11 is 0. The van der Waals surface area contributed by atoms with Gasteiger partial charge < -0.3 is 14.6 Å². The number of hydrogen-bond donors (Lipinski definition) is 1. The minimum atomic E-state index is -1.04. The van der Waals surface area contributed by atoms with E-state index in [1.807, 2.05) is 6.92 Å². The Morgan fingerprint density at radius 2 is 2.05 bits per heavy atom. The molecule has 20 heavy (non-hydrogen) atoms. The Balaban J connectivity index is 2.06. The van der Waals surface area contributed by atoms with Gasteiger partial charge >= 0.3 is 11.9 Å². The van der Waals surface area contributed by atoms with E-state index in [0.717, 1.165) is 5.57 Å². The second kappa shape index (κ2) is 2.96. The lowest BCUT2D eigenvalue weighted by atomic mass is 9.63. The third kappa shape index (κ3) is 0.793. The molecule has 0 bridgehead atoms. The molecule has 0 amide bonds. The summed E-state index contributed by atoms with van der Waals surface area (Å²) in [5, 5.41) is 11.0. The Morgan fingerprint density at radius 1 is 1.35 bits per heavy atom. The Kier molecular flexibility index (Phi) is 1.83. The van der Waals surface area contributed by atoms with E-state index < -0.39 is 33.9 Å². The Bertz CT molecular complexity index is 583. The molecule has 0 aromatic heterocycles. The average molecular weight is 278 g/mol. The fraction of sp³-hybridized carbons (Fsp3) is 0.733. The van der Waals surface area contributed by atoms with Crippen molar-refractivity contribution in [2.75, 3.05) is 6.61 Å². The van der Waals surface area contributed by atoms with E-state index in [2.05, 4.69) is 6.58 Å². The van der Waals surface area contributed by atoms with Gasteiger partial charge in [-0.1, -0.05) is 19.1 Å². The fourth-order valence-corrected chi connectivity index (χ4v) is 5.50. The molecule has 2 aliphatic heterocycles. The van der Waals surface area contributed by atoms with Gasteiger partial charge in [0, 0.05) is 0 Å². The van der Waals surface area contributed by atoms with E-state index in [0.29, 0.717) is 12.8 Å². The zero-order valence-electron chi connectivity index (χ0n) is 11.7. The van der Waals surface area contributed by atoms with Crippen molar-refractivity contribution >= 4 is 11.9 Å². The Morgan fingerprint density at radius 3 is 2.75 bits per heavy atom. The van der Waals surface area contributed by atoms with Crippen molar-refractivity contribution in [3.8, 4) is 0 Å². The van der Waals surface area contributed by atoms with Gasteiger partial charge in [-0.05, 0) is 19.8 Å². The van der Waals surface area contributed by atoms with Crippen LogP contribution in [0.4, 0.5) is 0 Å². The number of aliphatic hydroxyl groups excluding tert-OH is 1. The molecule has 1 N–H and O–H groups in total. The van der Waals surface area contributed by atoms with Gasteiger partial charge in [-0.2, -0.15) is 0 Å². The predicted octanol–water partition coefficient (Wildman–Crippen LogP) is 0.952. The highest BCUT2D eigenvalue weighted by Gasteiger charge is 2.89. The number of aliphatic hydroxyl groups is 1. The van der Waals surface area contributed by atoms with Crippen molar-refractivity contribution in [1.82, 2.24) is 0 Å². The maximum absolute atomic E-state index is 12.3. The summed E-state index contributed by atoms with van der Waals surface area (Å²) in [6.45, 7) is 7.90. The molecular formula is C15H18O5. The standard InChI is InChI=1S/C15H18O5/c1-8-4-5-15-12(2)7-19-11(18)13(12,3)10(17)14(8,15)6-9(16)20-15/h10,17H,1,4-7H2,2-3H3/t10-,12-,13+,14?,15+/m1/s1. The summed E-state index contributed by atoms with van der Waals surface area (Å²) < 4.78 is 11.0. The number of ether oxygens (including phenoxy) is 2. The van der Waals surface area contributed by atoms with Crippen LogP contribution in [0.25, 0.3) is 0 Å². The summed E-state index contributed by atoms with van der Waals surface area (Å²) in [6, 6.07) is 0. The normalized spacial score (nSPS) is 56.4. The molecule has 0 radical (unpaired) electrons. The van der Waals surface area contributed by atoms with Gasteiger partial charge in [0.1, 0.15) is 17.6 Å². The molecule has 0 aromatic carbocycles. The number of carbonyl (C=O) groups is 2. The molecule has 4 rings (SSSR count). The van der Waals surface area contributed by atoms with E-state index >= 15 is 0 Å². The van der Waals surface area contributed by atoms with E-state index in [1.54, 1.807) is 6.92 Å². The van der Waals surface area contributed by atoms with Crippen LogP contribution in [0.5, 0.6) is 0 Å². The van der Waals surface area contributed by atoms with Crippen LogP contribution in [-0.4, -0.2) is 35.4 Å². The number of hydrogen-bond acceptors (Lipinski definition) is 5. The SMILES string of the molecule is C=C1CC[C@@]23OC(=O)CC12[C@H](O)[C@@]1(C)C(=O)OC[C@]13C. The zero-order valence-corrected chi connectivity index (χ0v) is 11.7. The van der Waals surface area contributed by atoms with Crippen molar-refractivity contribution in [2.45, 2.75) is 44.8 Å². The number of rotatable bonds is 0. The predicted molar refractivity (Wildman–Crippen MR) is 67.4 cm³/mol. The molecule has 2 saturated carbocycles. The fourth-order valence-electron chi connectivity index (χ4n) is 5.50. The minimum Gasteiger partial charge on any atom is -0.464 e. The zero-order chi connectivity index (χ0) is 14.6. The van der Waals surface area contributed by atoms with E-state index in [1.165, 1.54) is 0 Å². The van der Waals surface area contributed by atoms with Gasteiger partial charge in [0.2, 0.25) is 0 Å². The molecule has 2 saturated heterocycles. The summed E-state index contributed by atoms with van der Waals surface area (Å²) in [7, 11) is 0. The van der Waals surface area contributed by atoms with Crippen molar-refractivity contribution in [2.24, 2.45) is 16.2 Å². The van der Waals surface area contributed by atoms with Crippen LogP contribution >= 0.6 is 0 Å². The van der Waals surface area contributed by atoms with Gasteiger partial charge in [-0.15, -0.1) is 0 Å². The van der Waals surface area contributed by atoms with Crippen molar-refractivity contribution in [3.63, 3.8) is 0 Å². The molecule has 2 aliphatic carbocycles. The molecule has 0 spiro atoms. The average Bonchev–Trinajstić information content (AvgIpc) is 2.97. The third-order valence-electron chi connectivity index (χ3n) is 6.81. The summed E-state index contributed by atoms with van der Waals surface area (Å²) in [5.74, 6) is -0.709. The maximum atomic E-state index is 12.3. The van der Waals surface area contributed by atoms with Crippen molar-refractivity contribution < 1.29 is 24.2 Å². The van der Waals surface area contributed by atoms with Crippen molar-refractivity contribution in [1.29, 1.82) is 0 Å². The molecule has 4 aliphatic rings. The highest BCUT2D eigenvalue weighted by atomic mass is 16.6. The topological polar surface area (TPSA) is 72.8 Å². The van der Waals surface area contributed by atoms with Gasteiger partial charge in [0.05, 0.1) is 23.4 Å². The lowest BCUT2D eigenvalue weighted by Gasteiger charge is -2.42. The van der Waals surface area contributed by atoms with Crippen LogP contribution in [-0.2, 0) is 19.1 Å². The van der Waals surface area contributed by atoms with Crippen LogP contribution < -0.4 is 0 Å². The molecule has 0 aromatic rings. The van der Waals surface area contributed by atoms with E-state index in [9.17, 15) is 14.7 Å². The summed E-state index contributed by atoms with van der Waals surface area (Å²) in [4.78, 5) is 24.3. The van der Waals surface area contributed by atoms with Gasteiger partial charge in [-0.25, -0.2) is 0 Å². The molecule has 5 heteroatoms. The Labute approximate surface area is 116 Å². The number of carbonyl (C=O) groups excluding carboxylic acids is 2. The van der Waals surface area contributed by atoms with E-state index in [4.69, 9.17) is 9.47 Å². The van der Waals surface area contributed by atoms with Gasteiger partial charge in [-0.3, -0.25) is 9.59 Å². The highest BCUT2D eigenvalue weighted by molar-refractivity contribution is 5.86. The van der Waals surface area contributed by atoms with E-state index in [-0.39, 0.29) is 19.0 Å². The van der Waals surface area contributed by atoms with Crippen molar-refractivity contribution in [3.05, 3.63) is 12.2 Å². The molecule has 5 nitrogen and oxygen atoms in total. The largest absolute Gasteiger partial charge is 0.464 e. The summed E-state index contributed by atoms with van der Waals surface area (Å²) in [5.41, 5.74) is -2.60. The second-order valence-corrected chi connectivity index (χ2v) is 7.07. The molecule has 1 unspecified atom stereocenters. The third-order valence-corrected chi connectivity index (χ3v) is 6.81. The van der Waals surface area contributed by atoms with Gasteiger partial charge in [0.25, 0.3) is 0 Å². The van der Waals surface area contributed by atoms with Crippen LogP contribution in [0.3, 0.4) is 0 Å². The molecular weight excluding hydrogens is 260 g/mol. The second-order valence-electron chi connectivity index (χ2n) is 7.07. The van der Waals surface area contributed by atoms with Crippen LogP contribution in [0.2, 0.25) is 0 Å². The first-order valence-corrected chi connectivity index (χ1v) is 7.02. The molecule has 108 valence electrons. The Hall–Kier alpha value is -1.36. The maximum Gasteiger partial charge on any atom is 0.315 e. The first kappa shape index (κ1) is 12.4. The summed E-state index contributed by atoms with van der Waals surface area (Å²) in [6.07, 6.45) is 0.448. The van der Waals surface area contributed by atoms with Crippen LogP contribution in [0, 0.1) is 16.2 Å². The molecule has 4 fully saturated rings. The lowest BCUT2D eigenvalue weighted by Crippen LogP contribution is -2.52.